The largest absolute Gasteiger partial charge is 0.376 e. The number of sulfonamides is 1. The molecule has 0 bridgehead atoms. The molecule has 8 nitrogen and oxygen atoms in total. The van der Waals surface area contributed by atoms with Crippen molar-refractivity contribution in [2.24, 2.45) is 0 Å². The lowest BCUT2D eigenvalue weighted by Gasteiger charge is -2.32. The molecule has 1 heterocycles. The lowest BCUT2D eigenvalue weighted by Crippen LogP contribution is -2.53. The Kier molecular flexibility index (Phi) is 9.20. The molecule has 1 aliphatic rings. The van der Waals surface area contributed by atoms with Crippen LogP contribution in [-0.2, 0) is 37.3 Å². The lowest BCUT2D eigenvalue weighted by atomic mass is 10.0. The lowest BCUT2D eigenvalue weighted by molar-refractivity contribution is -0.141. The molecule has 1 aliphatic heterocycles. The van der Waals surface area contributed by atoms with Crippen molar-refractivity contribution in [1.82, 2.24) is 14.5 Å². The molecule has 0 aliphatic carbocycles. The highest BCUT2D eigenvalue weighted by atomic mass is 32.2. The van der Waals surface area contributed by atoms with Crippen LogP contribution < -0.4 is 5.32 Å². The zero-order chi connectivity index (χ0) is 24.6. The quantitative estimate of drug-likeness (QED) is 0.522. The number of carbonyl (C=O) groups is 2. The molecule has 2 aromatic carbocycles. The van der Waals surface area contributed by atoms with Crippen LogP contribution in [0.3, 0.4) is 0 Å². The van der Waals surface area contributed by atoms with E-state index in [9.17, 15) is 18.0 Å². The first-order valence-corrected chi connectivity index (χ1v) is 13.3. The van der Waals surface area contributed by atoms with Crippen LogP contribution in [0.25, 0.3) is 0 Å². The average Bonchev–Trinajstić information content (AvgIpc) is 3.34. The highest BCUT2D eigenvalue weighted by Crippen LogP contribution is 2.16. The van der Waals surface area contributed by atoms with Gasteiger partial charge in [-0.15, -0.1) is 0 Å². The van der Waals surface area contributed by atoms with Gasteiger partial charge in [0, 0.05) is 33.2 Å². The van der Waals surface area contributed by atoms with E-state index in [2.05, 4.69) is 5.32 Å². The molecular formula is C25H33N3O5S. The maximum atomic E-state index is 13.4. The Hall–Kier alpha value is -2.75. The van der Waals surface area contributed by atoms with Crippen molar-refractivity contribution >= 4 is 21.8 Å². The molecule has 184 valence electrons. The second-order valence-corrected chi connectivity index (χ2v) is 10.7. The minimum atomic E-state index is -3.56. The first kappa shape index (κ1) is 25.9. The average molecular weight is 488 g/mol. The molecule has 2 amide bonds. The van der Waals surface area contributed by atoms with Crippen molar-refractivity contribution < 1.29 is 22.7 Å². The number of hydrogen-bond donors (Lipinski definition) is 1. The van der Waals surface area contributed by atoms with E-state index in [0.29, 0.717) is 19.6 Å². The summed E-state index contributed by atoms with van der Waals surface area (Å²) in [5.74, 6) is -0.726. The Morgan fingerprint density at radius 1 is 1.06 bits per heavy atom. The summed E-state index contributed by atoms with van der Waals surface area (Å²) in [6, 6.07) is 18.0. The van der Waals surface area contributed by atoms with Gasteiger partial charge < -0.3 is 15.0 Å². The Labute approximate surface area is 201 Å². The maximum Gasteiger partial charge on any atom is 0.243 e. The Morgan fingerprint density at radius 3 is 2.24 bits per heavy atom. The molecule has 1 fully saturated rings. The van der Waals surface area contributed by atoms with Gasteiger partial charge in [0.1, 0.15) is 6.04 Å². The summed E-state index contributed by atoms with van der Waals surface area (Å²) < 4.78 is 30.5. The summed E-state index contributed by atoms with van der Waals surface area (Å²) >= 11 is 0. The second-order valence-electron chi connectivity index (χ2n) is 8.61. The first-order valence-electron chi connectivity index (χ1n) is 11.4. The molecule has 34 heavy (non-hydrogen) atoms. The molecule has 2 atom stereocenters. The summed E-state index contributed by atoms with van der Waals surface area (Å²) in [7, 11) is -2.20. The van der Waals surface area contributed by atoms with Gasteiger partial charge in [-0.25, -0.2) is 8.42 Å². The van der Waals surface area contributed by atoms with E-state index in [0.717, 1.165) is 34.5 Å². The topological polar surface area (TPSA) is 96.0 Å². The van der Waals surface area contributed by atoms with Crippen molar-refractivity contribution in [3.05, 3.63) is 71.8 Å². The van der Waals surface area contributed by atoms with Gasteiger partial charge in [-0.2, -0.15) is 4.31 Å². The molecule has 0 aromatic heterocycles. The zero-order valence-corrected chi connectivity index (χ0v) is 20.5. The summed E-state index contributed by atoms with van der Waals surface area (Å²) in [6.45, 7) is 0.892. The predicted molar refractivity (Wildman–Crippen MR) is 130 cm³/mol. The van der Waals surface area contributed by atoms with Gasteiger partial charge >= 0.3 is 0 Å². The number of likely N-dealkylation sites (N-methyl/N-ethyl adjacent to an activating group) is 1. The van der Waals surface area contributed by atoms with Crippen LogP contribution in [-0.4, -0.2) is 74.6 Å². The number of ether oxygens (including phenoxy) is 1. The van der Waals surface area contributed by atoms with E-state index < -0.39 is 22.0 Å². The molecular weight excluding hydrogens is 454 g/mol. The van der Waals surface area contributed by atoms with Gasteiger partial charge in [0.25, 0.3) is 0 Å². The van der Waals surface area contributed by atoms with Crippen molar-refractivity contribution in [2.45, 2.75) is 38.0 Å². The van der Waals surface area contributed by atoms with Crippen LogP contribution >= 0.6 is 0 Å². The van der Waals surface area contributed by atoms with Crippen LogP contribution in [0, 0.1) is 0 Å². The SMILES string of the molecule is CN(CC(=O)N(Cc1ccccc1)C(Cc1ccccc1)C(=O)NCC1CCCO1)S(C)(=O)=O. The Morgan fingerprint density at radius 2 is 1.68 bits per heavy atom. The van der Waals surface area contributed by atoms with E-state index in [4.69, 9.17) is 4.74 Å². The van der Waals surface area contributed by atoms with Crippen LogP contribution in [0.1, 0.15) is 24.0 Å². The number of benzene rings is 2. The van der Waals surface area contributed by atoms with Crippen molar-refractivity contribution in [1.29, 1.82) is 0 Å². The minimum absolute atomic E-state index is 0.0315. The standard InChI is InChI=1S/C25H33N3O5S/c1-27(34(2,31)32)19-24(29)28(18-21-12-7-4-8-13-21)23(16-20-10-5-3-6-11-20)25(30)26-17-22-14-9-15-33-22/h3-8,10-13,22-23H,9,14-19H2,1-2H3,(H,26,30). The summed E-state index contributed by atoms with van der Waals surface area (Å²) in [5.41, 5.74) is 1.75. The third-order valence-corrected chi connectivity index (χ3v) is 7.18. The van der Waals surface area contributed by atoms with E-state index in [1.807, 2.05) is 60.7 Å². The molecule has 2 aromatic rings. The third-order valence-electron chi connectivity index (χ3n) is 5.92. The minimum Gasteiger partial charge on any atom is -0.376 e. The maximum absolute atomic E-state index is 13.4. The monoisotopic (exact) mass is 487 g/mol. The van der Waals surface area contributed by atoms with E-state index in [1.54, 1.807) is 0 Å². The summed E-state index contributed by atoms with van der Waals surface area (Å²) in [5, 5.41) is 2.96. The number of carbonyl (C=O) groups excluding carboxylic acids is 2. The molecule has 0 saturated carbocycles. The summed E-state index contributed by atoms with van der Waals surface area (Å²) in [4.78, 5) is 28.3. The van der Waals surface area contributed by atoms with Gasteiger partial charge in [-0.05, 0) is 24.0 Å². The fourth-order valence-electron chi connectivity index (χ4n) is 3.87. The van der Waals surface area contributed by atoms with Crippen LogP contribution in [0.5, 0.6) is 0 Å². The predicted octanol–water partition coefficient (Wildman–Crippen LogP) is 1.81. The van der Waals surface area contributed by atoms with Crippen LogP contribution in [0.15, 0.2) is 60.7 Å². The molecule has 1 N–H and O–H groups in total. The van der Waals surface area contributed by atoms with Gasteiger partial charge in [-0.3, -0.25) is 9.59 Å². The first-order chi connectivity index (χ1) is 16.2. The van der Waals surface area contributed by atoms with Gasteiger partial charge in [0.2, 0.25) is 21.8 Å². The molecule has 9 heteroatoms. The van der Waals surface area contributed by atoms with Gasteiger partial charge in [0.05, 0.1) is 18.9 Å². The Balaban J connectivity index is 1.89. The fourth-order valence-corrected chi connectivity index (χ4v) is 4.22. The number of nitrogens with zero attached hydrogens (tertiary/aromatic N) is 2. The van der Waals surface area contributed by atoms with Crippen LogP contribution in [0.2, 0.25) is 0 Å². The normalized spacial score (nSPS) is 16.9. The highest BCUT2D eigenvalue weighted by Gasteiger charge is 2.32. The number of rotatable bonds is 11. The van der Waals surface area contributed by atoms with Crippen molar-refractivity contribution in [2.75, 3.05) is 33.0 Å². The number of nitrogens with one attached hydrogen (secondary N) is 1. The molecule has 0 radical (unpaired) electrons. The van der Waals surface area contributed by atoms with E-state index >= 15 is 0 Å². The summed E-state index contributed by atoms with van der Waals surface area (Å²) in [6.07, 6.45) is 3.17. The van der Waals surface area contributed by atoms with Crippen LogP contribution in [0.4, 0.5) is 0 Å². The number of hydrogen-bond acceptors (Lipinski definition) is 5. The molecule has 0 spiro atoms. The Bertz CT molecular complexity index is 1040. The molecule has 1 saturated heterocycles. The highest BCUT2D eigenvalue weighted by molar-refractivity contribution is 7.88. The fraction of sp³-hybridized carbons (Fsp3) is 0.440. The number of amides is 2. The van der Waals surface area contributed by atoms with Gasteiger partial charge in [0.15, 0.2) is 0 Å². The van der Waals surface area contributed by atoms with Gasteiger partial charge in [-0.1, -0.05) is 60.7 Å². The third kappa shape index (κ3) is 7.65. The molecule has 3 rings (SSSR count). The second kappa shape index (κ2) is 12.1. The van der Waals surface area contributed by atoms with Crippen molar-refractivity contribution in [3.8, 4) is 0 Å². The smallest absolute Gasteiger partial charge is 0.243 e. The van der Waals surface area contributed by atoms with Crippen molar-refractivity contribution in [3.63, 3.8) is 0 Å². The molecule has 2 unspecified atom stereocenters. The van der Waals surface area contributed by atoms with E-state index in [-0.39, 0.29) is 25.1 Å². The zero-order valence-electron chi connectivity index (χ0n) is 19.7. The van der Waals surface area contributed by atoms with E-state index in [1.165, 1.54) is 11.9 Å².